The van der Waals surface area contributed by atoms with Crippen molar-refractivity contribution >= 4 is 15.9 Å². The summed E-state index contributed by atoms with van der Waals surface area (Å²) in [4.78, 5) is 12.2. The third-order valence-corrected chi connectivity index (χ3v) is 6.25. The minimum Gasteiger partial charge on any atom is -0.473 e. The molecule has 1 unspecified atom stereocenters. The van der Waals surface area contributed by atoms with E-state index in [9.17, 15) is 13.2 Å². The van der Waals surface area contributed by atoms with Gasteiger partial charge in [-0.15, -0.1) is 0 Å². The summed E-state index contributed by atoms with van der Waals surface area (Å²) in [5, 5.41) is 2.25. The molecular weight excluding hydrogens is 376 g/mol. The predicted octanol–water partition coefficient (Wildman–Crippen LogP) is 3.19. The highest BCUT2D eigenvalue weighted by Gasteiger charge is 2.18. The highest BCUT2D eigenvalue weighted by atomic mass is 32.2. The van der Waals surface area contributed by atoms with E-state index in [1.807, 2.05) is 44.2 Å². The zero-order chi connectivity index (χ0) is 20.7. The minimum absolute atomic E-state index is 0.0220. The average Bonchev–Trinajstić information content (AvgIpc) is 2.67. The summed E-state index contributed by atoms with van der Waals surface area (Å²) in [5.41, 5.74) is 2.53. The molecule has 0 saturated carbocycles. The van der Waals surface area contributed by atoms with E-state index < -0.39 is 15.3 Å². The lowest BCUT2D eigenvalue weighted by Gasteiger charge is -2.18. The number of sulfonamides is 1. The van der Waals surface area contributed by atoms with Crippen LogP contribution in [-0.4, -0.2) is 32.9 Å². The van der Waals surface area contributed by atoms with E-state index >= 15 is 0 Å². The molecule has 0 heterocycles. The van der Waals surface area contributed by atoms with Gasteiger partial charge in [0.15, 0.2) is 6.73 Å². The molecule has 0 fully saturated rings. The topological polar surface area (TPSA) is 84.5 Å². The highest BCUT2D eigenvalue weighted by Crippen LogP contribution is 2.26. The summed E-state index contributed by atoms with van der Waals surface area (Å²) in [7, 11) is -3.32. The third-order valence-electron chi connectivity index (χ3n) is 4.44. The fraction of sp³-hybridized carbons (Fsp3) is 0.381. The summed E-state index contributed by atoms with van der Waals surface area (Å²) in [5.74, 6) is 0.315. The van der Waals surface area contributed by atoms with Crippen LogP contribution in [-0.2, 0) is 10.0 Å². The average molecular weight is 405 g/mol. The standard InChI is InChI=1S/C21H28N2O4S/c1-15(2)28(25,26)23-13-17(4)19-7-5-6-8-20(19)27-14-22-21(24)18-11-9-16(3)10-12-18/h5-12,15,17,23H,13-14H2,1-4H3,(H,22,24). The molecule has 2 aromatic rings. The Kier molecular flexibility index (Phi) is 7.60. The zero-order valence-corrected chi connectivity index (χ0v) is 17.5. The van der Waals surface area contributed by atoms with Crippen molar-refractivity contribution in [1.82, 2.24) is 10.0 Å². The summed E-state index contributed by atoms with van der Waals surface area (Å²) in [6.07, 6.45) is 0. The molecule has 2 N–H and O–H groups in total. The number of nitrogens with one attached hydrogen (secondary N) is 2. The molecule has 2 aromatic carbocycles. The van der Waals surface area contributed by atoms with Gasteiger partial charge < -0.3 is 10.1 Å². The maximum absolute atomic E-state index is 12.2. The van der Waals surface area contributed by atoms with E-state index in [0.29, 0.717) is 11.3 Å². The maximum atomic E-state index is 12.2. The quantitative estimate of drug-likeness (QED) is 0.629. The van der Waals surface area contributed by atoms with Crippen LogP contribution in [0.3, 0.4) is 0 Å². The molecule has 152 valence electrons. The number of benzene rings is 2. The van der Waals surface area contributed by atoms with Crippen molar-refractivity contribution in [2.45, 2.75) is 38.9 Å². The number of para-hydroxylation sites is 1. The van der Waals surface area contributed by atoms with E-state index in [1.54, 1.807) is 32.0 Å². The Morgan fingerprint density at radius 3 is 2.32 bits per heavy atom. The largest absolute Gasteiger partial charge is 0.473 e. The number of aryl methyl sites for hydroxylation is 1. The van der Waals surface area contributed by atoms with Crippen molar-refractivity contribution < 1.29 is 17.9 Å². The van der Waals surface area contributed by atoms with Gasteiger partial charge in [0.25, 0.3) is 5.91 Å². The number of ether oxygens (including phenoxy) is 1. The van der Waals surface area contributed by atoms with Gasteiger partial charge in [-0.25, -0.2) is 13.1 Å². The van der Waals surface area contributed by atoms with Gasteiger partial charge in [-0.05, 0) is 50.5 Å². The van der Waals surface area contributed by atoms with Gasteiger partial charge in [-0.2, -0.15) is 0 Å². The fourth-order valence-electron chi connectivity index (χ4n) is 2.52. The molecule has 0 aromatic heterocycles. The molecule has 0 saturated heterocycles. The van der Waals surface area contributed by atoms with Crippen molar-refractivity contribution in [3.8, 4) is 5.75 Å². The van der Waals surface area contributed by atoms with Crippen LogP contribution < -0.4 is 14.8 Å². The number of carbonyl (C=O) groups is 1. The van der Waals surface area contributed by atoms with E-state index in [-0.39, 0.29) is 25.1 Å². The lowest BCUT2D eigenvalue weighted by Crippen LogP contribution is -2.33. The molecule has 0 aliphatic heterocycles. The first kappa shape index (κ1) is 21.9. The SMILES string of the molecule is Cc1ccc(C(=O)NCOc2ccccc2C(C)CNS(=O)(=O)C(C)C)cc1. The Morgan fingerprint density at radius 1 is 1.04 bits per heavy atom. The van der Waals surface area contributed by atoms with E-state index in [1.165, 1.54) is 0 Å². The Bertz CT molecular complexity index is 893. The molecule has 0 bridgehead atoms. The number of hydrogen-bond acceptors (Lipinski definition) is 4. The van der Waals surface area contributed by atoms with Gasteiger partial charge in [0.1, 0.15) is 5.75 Å². The first-order valence-corrected chi connectivity index (χ1v) is 10.8. The lowest BCUT2D eigenvalue weighted by molar-refractivity contribution is 0.0918. The second kappa shape index (κ2) is 9.71. The second-order valence-electron chi connectivity index (χ2n) is 7.04. The van der Waals surface area contributed by atoms with E-state index in [0.717, 1.165) is 11.1 Å². The Hall–Kier alpha value is -2.38. The number of rotatable bonds is 9. The van der Waals surface area contributed by atoms with Gasteiger partial charge in [-0.3, -0.25) is 4.79 Å². The van der Waals surface area contributed by atoms with E-state index in [4.69, 9.17) is 4.74 Å². The second-order valence-corrected chi connectivity index (χ2v) is 9.36. The molecule has 7 heteroatoms. The maximum Gasteiger partial charge on any atom is 0.253 e. The molecular formula is C21H28N2O4S. The van der Waals surface area contributed by atoms with Crippen LogP contribution in [0.25, 0.3) is 0 Å². The molecule has 28 heavy (non-hydrogen) atoms. The van der Waals surface area contributed by atoms with Crippen LogP contribution >= 0.6 is 0 Å². The van der Waals surface area contributed by atoms with Gasteiger partial charge in [0.2, 0.25) is 10.0 Å². The van der Waals surface area contributed by atoms with Crippen LogP contribution in [0.5, 0.6) is 5.75 Å². The summed E-state index contributed by atoms with van der Waals surface area (Å²) in [6, 6.07) is 14.7. The molecule has 0 radical (unpaired) electrons. The molecule has 2 rings (SSSR count). The fourth-order valence-corrected chi connectivity index (χ4v) is 3.34. The third kappa shape index (κ3) is 6.07. The molecule has 0 aliphatic carbocycles. The van der Waals surface area contributed by atoms with Crippen molar-refractivity contribution in [2.75, 3.05) is 13.3 Å². The van der Waals surface area contributed by atoms with Gasteiger partial charge in [-0.1, -0.05) is 42.8 Å². The van der Waals surface area contributed by atoms with Gasteiger partial charge in [0, 0.05) is 12.1 Å². The molecule has 0 aliphatic rings. The summed E-state index contributed by atoms with van der Waals surface area (Å²) >= 11 is 0. The number of carbonyl (C=O) groups excluding carboxylic acids is 1. The molecule has 1 atom stereocenters. The number of amides is 1. The van der Waals surface area contributed by atoms with Crippen molar-refractivity contribution in [3.05, 3.63) is 65.2 Å². The predicted molar refractivity (Wildman–Crippen MR) is 111 cm³/mol. The lowest BCUT2D eigenvalue weighted by atomic mass is 10.0. The number of hydrogen-bond donors (Lipinski definition) is 2. The normalized spacial score (nSPS) is 12.6. The van der Waals surface area contributed by atoms with Crippen LogP contribution in [0.2, 0.25) is 0 Å². The molecule has 0 spiro atoms. The monoisotopic (exact) mass is 404 g/mol. The molecule has 6 nitrogen and oxygen atoms in total. The Labute approximate surface area is 167 Å². The van der Waals surface area contributed by atoms with Crippen molar-refractivity contribution in [2.24, 2.45) is 0 Å². The van der Waals surface area contributed by atoms with Crippen LogP contribution in [0.15, 0.2) is 48.5 Å². The van der Waals surface area contributed by atoms with Crippen molar-refractivity contribution in [3.63, 3.8) is 0 Å². The van der Waals surface area contributed by atoms with Crippen molar-refractivity contribution in [1.29, 1.82) is 0 Å². The van der Waals surface area contributed by atoms with Gasteiger partial charge in [0.05, 0.1) is 5.25 Å². The minimum atomic E-state index is -3.32. The summed E-state index contributed by atoms with van der Waals surface area (Å²) in [6.45, 7) is 7.46. The zero-order valence-electron chi connectivity index (χ0n) is 16.7. The Morgan fingerprint density at radius 2 is 1.68 bits per heavy atom. The van der Waals surface area contributed by atoms with Crippen LogP contribution in [0.4, 0.5) is 0 Å². The Balaban J connectivity index is 1.96. The smallest absolute Gasteiger partial charge is 0.253 e. The first-order valence-electron chi connectivity index (χ1n) is 9.25. The summed E-state index contributed by atoms with van der Waals surface area (Å²) < 4.78 is 32.3. The van der Waals surface area contributed by atoms with Crippen LogP contribution in [0.1, 0.15) is 48.2 Å². The van der Waals surface area contributed by atoms with E-state index in [2.05, 4.69) is 10.0 Å². The first-order chi connectivity index (χ1) is 13.2. The van der Waals surface area contributed by atoms with Crippen LogP contribution in [0, 0.1) is 6.92 Å². The highest BCUT2D eigenvalue weighted by molar-refractivity contribution is 7.90. The molecule has 1 amide bonds. The van der Waals surface area contributed by atoms with Gasteiger partial charge >= 0.3 is 0 Å².